The number of ether oxygens (including phenoxy) is 1. The highest BCUT2D eigenvalue weighted by Gasteiger charge is 2.23. The second-order valence-electron chi connectivity index (χ2n) is 9.11. The maximum Gasteiger partial charge on any atom is 0.261 e. The predicted octanol–water partition coefficient (Wildman–Crippen LogP) is 6.59. The number of amides is 1. The Kier molecular flexibility index (Phi) is 8.71. The summed E-state index contributed by atoms with van der Waals surface area (Å²) in [6.45, 7) is 6.14. The zero-order chi connectivity index (χ0) is 24.5. The van der Waals surface area contributed by atoms with Gasteiger partial charge in [0, 0.05) is 37.5 Å². The standard InChI is InChI=1S/C29H36N4O2/c1-3-5-17-26(22-13-7-6-8-14-22)35-24-16-11-15-23(20-24)31-29(34)25-21-30-27(12-4-2)32-28(25)33-18-9-10-19-33/h6-8,11,13-16,20-21,26H,3-5,9-10,12,17-19H2,1-2H3,(H,31,34). The maximum absolute atomic E-state index is 13.3. The van der Waals surface area contributed by atoms with Gasteiger partial charge in [0.25, 0.3) is 5.91 Å². The molecule has 1 saturated heterocycles. The number of anilines is 2. The van der Waals surface area contributed by atoms with E-state index in [9.17, 15) is 4.79 Å². The summed E-state index contributed by atoms with van der Waals surface area (Å²) in [6, 6.07) is 17.9. The van der Waals surface area contributed by atoms with E-state index in [1.807, 2.05) is 42.5 Å². The van der Waals surface area contributed by atoms with Crippen LogP contribution in [0.4, 0.5) is 11.5 Å². The van der Waals surface area contributed by atoms with Crippen molar-refractivity contribution in [2.24, 2.45) is 0 Å². The number of rotatable bonds is 11. The molecule has 6 nitrogen and oxygen atoms in total. The molecule has 1 amide bonds. The highest BCUT2D eigenvalue weighted by atomic mass is 16.5. The Labute approximate surface area is 208 Å². The summed E-state index contributed by atoms with van der Waals surface area (Å²) in [7, 11) is 0. The number of carbonyl (C=O) groups is 1. The molecule has 35 heavy (non-hydrogen) atoms. The monoisotopic (exact) mass is 472 g/mol. The van der Waals surface area contributed by atoms with Crippen LogP contribution >= 0.6 is 0 Å². The van der Waals surface area contributed by atoms with Crippen LogP contribution in [0.2, 0.25) is 0 Å². The smallest absolute Gasteiger partial charge is 0.261 e. The Balaban J connectivity index is 1.52. The van der Waals surface area contributed by atoms with Crippen LogP contribution in [0.15, 0.2) is 60.8 Å². The van der Waals surface area contributed by atoms with Crippen LogP contribution in [-0.2, 0) is 6.42 Å². The van der Waals surface area contributed by atoms with Crippen LogP contribution < -0.4 is 15.0 Å². The fourth-order valence-corrected chi connectivity index (χ4v) is 4.44. The number of carbonyl (C=O) groups excluding carboxylic acids is 1. The normalized spacial score (nSPS) is 14.1. The zero-order valence-electron chi connectivity index (χ0n) is 20.9. The summed E-state index contributed by atoms with van der Waals surface area (Å²) in [5, 5.41) is 3.04. The quantitative estimate of drug-likeness (QED) is 0.341. The van der Waals surface area contributed by atoms with Gasteiger partial charge in [-0.15, -0.1) is 0 Å². The van der Waals surface area contributed by atoms with Crippen LogP contribution in [0.5, 0.6) is 5.75 Å². The molecule has 0 spiro atoms. The van der Waals surface area contributed by atoms with Crippen LogP contribution in [0.3, 0.4) is 0 Å². The molecule has 0 saturated carbocycles. The minimum absolute atomic E-state index is 0.0246. The summed E-state index contributed by atoms with van der Waals surface area (Å²) < 4.78 is 6.39. The van der Waals surface area contributed by atoms with Gasteiger partial charge in [0.15, 0.2) is 0 Å². The fraction of sp³-hybridized carbons (Fsp3) is 0.414. The molecule has 0 radical (unpaired) electrons. The Morgan fingerprint density at radius 1 is 1.06 bits per heavy atom. The second kappa shape index (κ2) is 12.3. The zero-order valence-corrected chi connectivity index (χ0v) is 20.9. The molecule has 2 aromatic carbocycles. The summed E-state index contributed by atoms with van der Waals surface area (Å²) in [6.07, 6.45) is 8.81. The van der Waals surface area contributed by atoms with E-state index in [0.29, 0.717) is 11.3 Å². The third kappa shape index (κ3) is 6.59. The molecule has 6 heteroatoms. The first-order valence-electron chi connectivity index (χ1n) is 12.9. The van der Waals surface area contributed by atoms with Gasteiger partial charge in [-0.25, -0.2) is 9.97 Å². The van der Waals surface area contributed by atoms with Gasteiger partial charge in [0.05, 0.1) is 0 Å². The number of hydrogen-bond acceptors (Lipinski definition) is 5. The molecule has 0 aliphatic carbocycles. The topological polar surface area (TPSA) is 67.3 Å². The summed E-state index contributed by atoms with van der Waals surface area (Å²) in [5.74, 6) is 2.08. The summed E-state index contributed by atoms with van der Waals surface area (Å²) in [5.41, 5.74) is 2.37. The van der Waals surface area contributed by atoms with Crippen molar-refractivity contribution in [1.82, 2.24) is 9.97 Å². The lowest BCUT2D eigenvalue weighted by Gasteiger charge is -2.21. The molecule has 1 aliphatic rings. The Hall–Kier alpha value is -3.41. The van der Waals surface area contributed by atoms with Gasteiger partial charge in [-0.1, -0.05) is 56.7 Å². The molecule has 1 unspecified atom stereocenters. The number of aromatic nitrogens is 2. The van der Waals surface area contributed by atoms with Gasteiger partial charge in [-0.2, -0.15) is 0 Å². The number of nitrogens with one attached hydrogen (secondary N) is 1. The van der Waals surface area contributed by atoms with E-state index in [1.165, 1.54) is 0 Å². The lowest BCUT2D eigenvalue weighted by molar-refractivity contribution is 0.102. The van der Waals surface area contributed by atoms with Gasteiger partial charge in [0.1, 0.15) is 29.1 Å². The minimum atomic E-state index is -0.197. The predicted molar refractivity (Wildman–Crippen MR) is 141 cm³/mol. The molecular formula is C29H36N4O2. The van der Waals surface area contributed by atoms with E-state index >= 15 is 0 Å². The third-order valence-electron chi connectivity index (χ3n) is 6.30. The van der Waals surface area contributed by atoms with Gasteiger partial charge < -0.3 is 15.0 Å². The molecule has 1 N–H and O–H groups in total. The van der Waals surface area contributed by atoms with Crippen molar-refractivity contribution in [1.29, 1.82) is 0 Å². The molecule has 4 rings (SSSR count). The first-order valence-corrected chi connectivity index (χ1v) is 12.9. The van der Waals surface area contributed by atoms with E-state index in [2.05, 4.69) is 41.2 Å². The van der Waals surface area contributed by atoms with Crippen molar-refractivity contribution < 1.29 is 9.53 Å². The van der Waals surface area contributed by atoms with E-state index < -0.39 is 0 Å². The molecule has 1 atom stereocenters. The molecular weight excluding hydrogens is 436 g/mol. The van der Waals surface area contributed by atoms with E-state index in [0.717, 1.165) is 81.0 Å². The van der Waals surface area contributed by atoms with Crippen molar-refractivity contribution in [3.8, 4) is 5.75 Å². The van der Waals surface area contributed by atoms with Crippen molar-refractivity contribution in [3.05, 3.63) is 77.7 Å². The Morgan fingerprint density at radius 3 is 2.60 bits per heavy atom. The number of hydrogen-bond donors (Lipinski definition) is 1. The fourth-order valence-electron chi connectivity index (χ4n) is 4.44. The van der Waals surface area contributed by atoms with E-state index in [4.69, 9.17) is 9.72 Å². The van der Waals surface area contributed by atoms with E-state index in [1.54, 1.807) is 6.20 Å². The van der Waals surface area contributed by atoms with Gasteiger partial charge >= 0.3 is 0 Å². The highest BCUT2D eigenvalue weighted by molar-refractivity contribution is 6.07. The average molecular weight is 473 g/mol. The molecule has 1 fully saturated rings. The van der Waals surface area contributed by atoms with Gasteiger partial charge in [0.2, 0.25) is 0 Å². The molecule has 2 heterocycles. The van der Waals surface area contributed by atoms with Gasteiger partial charge in [-0.3, -0.25) is 4.79 Å². The average Bonchev–Trinajstić information content (AvgIpc) is 3.42. The molecule has 0 bridgehead atoms. The molecule has 184 valence electrons. The largest absolute Gasteiger partial charge is 0.486 e. The molecule has 1 aromatic heterocycles. The number of nitrogens with zero attached hydrogens (tertiary/aromatic N) is 3. The van der Waals surface area contributed by atoms with E-state index in [-0.39, 0.29) is 12.0 Å². The lowest BCUT2D eigenvalue weighted by Crippen LogP contribution is -2.25. The SMILES string of the molecule is CCCCC(Oc1cccc(NC(=O)c2cnc(CCC)nc2N2CCCC2)c1)c1ccccc1. The number of benzene rings is 2. The lowest BCUT2D eigenvalue weighted by atomic mass is 10.0. The van der Waals surface area contributed by atoms with Crippen molar-refractivity contribution in [2.75, 3.05) is 23.3 Å². The maximum atomic E-state index is 13.3. The second-order valence-corrected chi connectivity index (χ2v) is 9.11. The van der Waals surface area contributed by atoms with Crippen LogP contribution in [0.25, 0.3) is 0 Å². The molecule has 3 aromatic rings. The van der Waals surface area contributed by atoms with Crippen LogP contribution in [-0.4, -0.2) is 29.0 Å². The van der Waals surface area contributed by atoms with Crippen molar-refractivity contribution in [3.63, 3.8) is 0 Å². The Morgan fingerprint density at radius 2 is 1.86 bits per heavy atom. The van der Waals surface area contributed by atoms with Crippen molar-refractivity contribution in [2.45, 2.75) is 64.9 Å². The Bertz CT molecular complexity index is 1100. The molecule has 1 aliphatic heterocycles. The first-order chi connectivity index (χ1) is 17.2. The van der Waals surface area contributed by atoms with Crippen LogP contribution in [0.1, 0.15) is 80.2 Å². The first kappa shape index (κ1) is 24.7. The summed E-state index contributed by atoms with van der Waals surface area (Å²) >= 11 is 0. The third-order valence-corrected chi connectivity index (χ3v) is 6.30. The highest BCUT2D eigenvalue weighted by Crippen LogP contribution is 2.29. The van der Waals surface area contributed by atoms with Crippen LogP contribution in [0, 0.1) is 0 Å². The summed E-state index contributed by atoms with van der Waals surface area (Å²) in [4.78, 5) is 24.7. The van der Waals surface area contributed by atoms with Gasteiger partial charge in [-0.05, 0) is 49.8 Å². The number of aryl methyl sites for hydroxylation is 1. The minimum Gasteiger partial charge on any atom is -0.486 e. The van der Waals surface area contributed by atoms with Crippen molar-refractivity contribution >= 4 is 17.4 Å². The number of unbranched alkanes of at least 4 members (excludes halogenated alkanes) is 1.